The highest BCUT2D eigenvalue weighted by atomic mass is 14.9. The Bertz CT molecular complexity index is 657. The monoisotopic (exact) mass is 265 g/mol. The van der Waals surface area contributed by atoms with E-state index in [-0.39, 0.29) is 0 Å². The van der Waals surface area contributed by atoms with Crippen molar-refractivity contribution in [3.63, 3.8) is 0 Å². The predicted molar refractivity (Wildman–Crippen MR) is 81.5 cm³/mol. The number of nitrogens with zero attached hydrogens (tertiary/aromatic N) is 2. The molecule has 1 aromatic carbocycles. The molecule has 102 valence electrons. The zero-order valence-corrected chi connectivity index (χ0v) is 11.8. The zero-order valence-electron chi connectivity index (χ0n) is 11.8. The number of nitrogens with one attached hydrogen (secondary N) is 1. The van der Waals surface area contributed by atoms with Gasteiger partial charge in [-0.15, -0.1) is 0 Å². The Balaban J connectivity index is 1.98. The summed E-state index contributed by atoms with van der Waals surface area (Å²) in [5, 5.41) is 14.0. The van der Waals surface area contributed by atoms with Crippen molar-refractivity contribution in [3.8, 4) is 6.07 Å². The highest BCUT2D eigenvalue weighted by molar-refractivity contribution is 5.93. The van der Waals surface area contributed by atoms with Crippen LogP contribution in [0.3, 0.4) is 0 Å². The van der Waals surface area contributed by atoms with Crippen LogP contribution in [0.4, 0.5) is 5.69 Å². The summed E-state index contributed by atoms with van der Waals surface area (Å²) in [4.78, 5) is 4.36. The lowest BCUT2D eigenvalue weighted by atomic mass is 9.87. The summed E-state index contributed by atoms with van der Waals surface area (Å²) in [6, 6.07) is 10.7. The summed E-state index contributed by atoms with van der Waals surface area (Å²) in [5.74, 6) is 0.764. The van der Waals surface area contributed by atoms with Crippen LogP contribution in [0.5, 0.6) is 0 Å². The van der Waals surface area contributed by atoms with Gasteiger partial charge in [-0.25, -0.2) is 0 Å². The number of hydrogen-bond acceptors (Lipinski definition) is 3. The Kier molecular flexibility index (Phi) is 3.56. The Morgan fingerprint density at radius 2 is 2.15 bits per heavy atom. The number of para-hydroxylation sites is 1. The molecule has 1 saturated carbocycles. The number of rotatable bonds is 2. The molecule has 1 aliphatic carbocycles. The fourth-order valence-electron chi connectivity index (χ4n) is 3.15. The van der Waals surface area contributed by atoms with Crippen molar-refractivity contribution in [2.45, 2.75) is 38.6 Å². The van der Waals surface area contributed by atoms with Crippen molar-refractivity contribution in [2.75, 3.05) is 5.32 Å². The molecule has 1 aliphatic rings. The fourth-order valence-corrected chi connectivity index (χ4v) is 3.15. The van der Waals surface area contributed by atoms with Gasteiger partial charge in [0.1, 0.15) is 6.07 Å². The quantitative estimate of drug-likeness (QED) is 0.889. The third kappa shape index (κ3) is 2.46. The Labute approximate surface area is 119 Å². The molecule has 0 aliphatic heterocycles. The number of fused-ring (bicyclic) bond motifs is 1. The minimum atomic E-state index is 0.469. The molecule has 2 unspecified atom stereocenters. The van der Waals surface area contributed by atoms with E-state index in [2.05, 4.69) is 23.3 Å². The van der Waals surface area contributed by atoms with Crippen molar-refractivity contribution >= 4 is 16.6 Å². The van der Waals surface area contributed by atoms with Crippen LogP contribution in [0.1, 0.15) is 38.2 Å². The highest BCUT2D eigenvalue weighted by Crippen LogP contribution is 2.30. The second kappa shape index (κ2) is 5.50. The summed E-state index contributed by atoms with van der Waals surface area (Å²) >= 11 is 0. The molecule has 1 N–H and O–H groups in total. The molecular formula is C17H19N3. The second-order valence-corrected chi connectivity index (χ2v) is 5.79. The van der Waals surface area contributed by atoms with Crippen LogP contribution >= 0.6 is 0 Å². The number of hydrogen-bond donors (Lipinski definition) is 1. The van der Waals surface area contributed by atoms with Crippen LogP contribution in [0.2, 0.25) is 0 Å². The molecule has 3 nitrogen and oxygen atoms in total. The molecule has 1 fully saturated rings. The largest absolute Gasteiger partial charge is 0.381 e. The lowest BCUT2D eigenvalue weighted by Gasteiger charge is -2.29. The van der Waals surface area contributed by atoms with Gasteiger partial charge in [-0.1, -0.05) is 38.0 Å². The van der Waals surface area contributed by atoms with Gasteiger partial charge in [-0.3, -0.25) is 4.98 Å². The summed E-state index contributed by atoms with van der Waals surface area (Å²) in [6.45, 7) is 2.31. The van der Waals surface area contributed by atoms with Gasteiger partial charge in [0.15, 0.2) is 0 Å². The molecule has 0 spiro atoms. The summed E-state index contributed by atoms with van der Waals surface area (Å²) in [6.07, 6.45) is 6.63. The third-order valence-corrected chi connectivity index (χ3v) is 4.18. The first-order valence-corrected chi connectivity index (χ1v) is 7.32. The van der Waals surface area contributed by atoms with Gasteiger partial charge in [0.05, 0.1) is 16.8 Å². The first-order valence-electron chi connectivity index (χ1n) is 7.32. The van der Waals surface area contributed by atoms with Crippen molar-refractivity contribution in [2.24, 2.45) is 5.92 Å². The van der Waals surface area contributed by atoms with Gasteiger partial charge in [-0.2, -0.15) is 5.26 Å². The van der Waals surface area contributed by atoms with Gasteiger partial charge in [0.2, 0.25) is 0 Å². The molecule has 0 bridgehead atoms. The van der Waals surface area contributed by atoms with E-state index in [1.807, 2.05) is 24.3 Å². The maximum atomic E-state index is 9.33. The molecule has 0 amide bonds. The van der Waals surface area contributed by atoms with E-state index in [0.717, 1.165) is 22.5 Å². The van der Waals surface area contributed by atoms with E-state index >= 15 is 0 Å². The summed E-state index contributed by atoms with van der Waals surface area (Å²) in [5.41, 5.74) is 2.54. The minimum Gasteiger partial charge on any atom is -0.381 e. The molecular weight excluding hydrogens is 246 g/mol. The first kappa shape index (κ1) is 12.9. The average Bonchev–Trinajstić information content (AvgIpc) is 2.48. The Morgan fingerprint density at radius 3 is 2.95 bits per heavy atom. The molecule has 20 heavy (non-hydrogen) atoms. The van der Waals surface area contributed by atoms with E-state index in [4.69, 9.17) is 0 Å². The molecule has 1 aromatic heterocycles. The van der Waals surface area contributed by atoms with E-state index < -0.39 is 0 Å². The van der Waals surface area contributed by atoms with Crippen molar-refractivity contribution in [3.05, 3.63) is 36.0 Å². The van der Waals surface area contributed by atoms with E-state index in [9.17, 15) is 5.26 Å². The zero-order chi connectivity index (χ0) is 13.9. The number of pyridine rings is 1. The van der Waals surface area contributed by atoms with Gasteiger partial charge >= 0.3 is 0 Å². The standard InChI is InChI=1S/C17H19N3/c1-12-5-4-6-14(9-12)20-17-13(10-18)11-19-16-8-3-2-7-15(16)17/h2-3,7-8,11-12,14H,4-6,9H2,1H3,(H,19,20). The Hall–Kier alpha value is -2.08. The summed E-state index contributed by atoms with van der Waals surface area (Å²) in [7, 11) is 0. The first-order chi connectivity index (χ1) is 9.78. The third-order valence-electron chi connectivity index (χ3n) is 4.18. The fraction of sp³-hybridized carbons (Fsp3) is 0.412. The van der Waals surface area contributed by atoms with E-state index in [1.165, 1.54) is 25.7 Å². The number of aromatic nitrogens is 1. The topological polar surface area (TPSA) is 48.7 Å². The van der Waals surface area contributed by atoms with Gasteiger partial charge in [0, 0.05) is 17.6 Å². The summed E-state index contributed by atoms with van der Waals surface area (Å²) < 4.78 is 0. The van der Waals surface area contributed by atoms with Crippen LogP contribution in [-0.4, -0.2) is 11.0 Å². The second-order valence-electron chi connectivity index (χ2n) is 5.79. The van der Waals surface area contributed by atoms with Crippen LogP contribution in [0.15, 0.2) is 30.5 Å². The normalized spacial score (nSPS) is 22.4. The van der Waals surface area contributed by atoms with Gasteiger partial charge in [-0.05, 0) is 24.8 Å². The van der Waals surface area contributed by atoms with Gasteiger partial charge < -0.3 is 5.32 Å². The molecule has 3 heteroatoms. The maximum Gasteiger partial charge on any atom is 0.103 e. The molecule has 0 saturated heterocycles. The van der Waals surface area contributed by atoms with Crippen molar-refractivity contribution < 1.29 is 0 Å². The van der Waals surface area contributed by atoms with E-state index in [1.54, 1.807) is 6.20 Å². The van der Waals surface area contributed by atoms with Crippen LogP contribution in [0, 0.1) is 17.2 Å². The molecule has 2 atom stereocenters. The molecule has 2 aromatic rings. The highest BCUT2D eigenvalue weighted by Gasteiger charge is 2.20. The van der Waals surface area contributed by atoms with Gasteiger partial charge in [0.25, 0.3) is 0 Å². The predicted octanol–water partition coefficient (Wildman–Crippen LogP) is 4.10. The molecule has 3 rings (SSSR count). The molecule has 0 radical (unpaired) electrons. The SMILES string of the molecule is CC1CCCC(Nc2c(C#N)cnc3ccccc23)C1. The lowest BCUT2D eigenvalue weighted by Crippen LogP contribution is -2.26. The number of benzene rings is 1. The van der Waals surface area contributed by atoms with Crippen molar-refractivity contribution in [1.82, 2.24) is 4.98 Å². The number of anilines is 1. The number of nitriles is 1. The lowest BCUT2D eigenvalue weighted by molar-refractivity contribution is 0.359. The van der Waals surface area contributed by atoms with Crippen LogP contribution in [0.25, 0.3) is 10.9 Å². The minimum absolute atomic E-state index is 0.469. The van der Waals surface area contributed by atoms with E-state index in [0.29, 0.717) is 11.6 Å². The van der Waals surface area contributed by atoms with Crippen molar-refractivity contribution in [1.29, 1.82) is 5.26 Å². The molecule has 1 heterocycles. The van der Waals surface area contributed by atoms with Crippen LogP contribution < -0.4 is 5.32 Å². The average molecular weight is 265 g/mol. The van der Waals surface area contributed by atoms with Crippen LogP contribution in [-0.2, 0) is 0 Å². The smallest absolute Gasteiger partial charge is 0.103 e. The Morgan fingerprint density at radius 1 is 1.30 bits per heavy atom. The maximum absolute atomic E-state index is 9.33.